The van der Waals surface area contributed by atoms with Crippen LogP contribution in [0.5, 0.6) is 0 Å². The Morgan fingerprint density at radius 2 is 2.38 bits per heavy atom. The Balaban J connectivity index is 3.04. The predicted octanol–water partition coefficient (Wildman–Crippen LogP) is 3.06. The summed E-state index contributed by atoms with van der Waals surface area (Å²) in [4.78, 5) is 12.3. The molecule has 0 saturated heterocycles. The lowest BCUT2D eigenvalue weighted by molar-refractivity contribution is -0.387. The van der Waals surface area contributed by atoms with Crippen LogP contribution in [0.4, 0.5) is 10.1 Å². The van der Waals surface area contributed by atoms with E-state index in [1.54, 1.807) is 0 Å². The minimum absolute atomic E-state index is 0.0597. The summed E-state index contributed by atoms with van der Waals surface area (Å²) >= 11 is 0. The highest BCUT2D eigenvalue weighted by atomic mass is 19.1. The van der Waals surface area contributed by atoms with Gasteiger partial charge in [-0.05, 0) is 17.7 Å². The fraction of sp³-hybridized carbons (Fsp3) is 0.111. The van der Waals surface area contributed by atoms with E-state index in [0.29, 0.717) is 0 Å². The van der Waals surface area contributed by atoms with E-state index < -0.39 is 16.4 Å². The maximum absolute atomic E-state index is 13.1. The van der Waals surface area contributed by atoms with Crippen molar-refractivity contribution in [3.63, 3.8) is 0 Å². The van der Waals surface area contributed by atoms with Gasteiger partial charge in [0, 0.05) is 11.5 Å². The standard InChI is InChI=1S/C9H7FN4O2/c10-8-5-1-3-7(9(8)14(15)16)4-2-6-12-13-11/h1-5H,6H2. The molecule has 0 atom stereocenters. The first-order valence-corrected chi connectivity index (χ1v) is 4.27. The molecule has 1 aromatic rings. The molecule has 0 fully saturated rings. The molecule has 0 aliphatic heterocycles. The highest BCUT2D eigenvalue weighted by Crippen LogP contribution is 2.23. The van der Waals surface area contributed by atoms with E-state index in [1.165, 1.54) is 24.3 Å². The zero-order valence-electron chi connectivity index (χ0n) is 8.08. The molecule has 0 bridgehead atoms. The van der Waals surface area contributed by atoms with Crippen molar-refractivity contribution in [2.75, 3.05) is 6.54 Å². The molecular formula is C9H7FN4O2. The van der Waals surface area contributed by atoms with E-state index in [2.05, 4.69) is 10.0 Å². The third-order valence-corrected chi connectivity index (χ3v) is 1.75. The molecule has 0 amide bonds. The molecule has 0 N–H and O–H groups in total. The summed E-state index contributed by atoms with van der Waals surface area (Å²) in [6.07, 6.45) is 2.76. The van der Waals surface area contributed by atoms with Crippen molar-refractivity contribution in [1.29, 1.82) is 0 Å². The van der Waals surface area contributed by atoms with Gasteiger partial charge in [-0.15, -0.1) is 0 Å². The molecule has 7 heteroatoms. The molecular weight excluding hydrogens is 215 g/mol. The largest absolute Gasteiger partial charge is 0.311 e. The fourth-order valence-corrected chi connectivity index (χ4v) is 1.12. The zero-order valence-corrected chi connectivity index (χ0v) is 8.08. The van der Waals surface area contributed by atoms with Crippen LogP contribution in [0.3, 0.4) is 0 Å². The maximum Gasteiger partial charge on any atom is 0.311 e. The Morgan fingerprint density at radius 3 is 3.00 bits per heavy atom. The third-order valence-electron chi connectivity index (χ3n) is 1.75. The van der Waals surface area contributed by atoms with Gasteiger partial charge in [0.2, 0.25) is 5.82 Å². The molecule has 0 aliphatic rings. The number of rotatable bonds is 4. The second-order valence-corrected chi connectivity index (χ2v) is 2.75. The summed E-state index contributed by atoms with van der Waals surface area (Å²) in [5, 5.41) is 13.8. The van der Waals surface area contributed by atoms with E-state index in [-0.39, 0.29) is 12.1 Å². The number of para-hydroxylation sites is 1. The molecule has 0 unspecified atom stereocenters. The van der Waals surface area contributed by atoms with Crippen LogP contribution in [0.2, 0.25) is 0 Å². The molecule has 0 aliphatic carbocycles. The van der Waals surface area contributed by atoms with Gasteiger partial charge >= 0.3 is 5.69 Å². The number of hydrogen-bond donors (Lipinski definition) is 0. The average Bonchev–Trinajstić information content (AvgIpc) is 2.24. The van der Waals surface area contributed by atoms with Crippen LogP contribution in [0, 0.1) is 15.9 Å². The van der Waals surface area contributed by atoms with Gasteiger partial charge in [-0.25, -0.2) is 0 Å². The van der Waals surface area contributed by atoms with E-state index in [9.17, 15) is 14.5 Å². The number of nitro groups is 1. The minimum atomic E-state index is -0.893. The van der Waals surface area contributed by atoms with Gasteiger partial charge in [0.1, 0.15) is 0 Å². The molecule has 16 heavy (non-hydrogen) atoms. The first kappa shape index (κ1) is 11.7. The second-order valence-electron chi connectivity index (χ2n) is 2.75. The van der Waals surface area contributed by atoms with Crippen molar-refractivity contribution >= 4 is 11.8 Å². The molecule has 1 aromatic carbocycles. The summed E-state index contributed by atoms with van der Waals surface area (Å²) in [6.45, 7) is 0.0597. The average molecular weight is 222 g/mol. The van der Waals surface area contributed by atoms with Crippen molar-refractivity contribution < 1.29 is 9.31 Å². The first-order chi connectivity index (χ1) is 7.66. The number of nitro benzene ring substituents is 1. The quantitative estimate of drug-likeness (QED) is 0.257. The van der Waals surface area contributed by atoms with E-state index in [4.69, 9.17) is 5.53 Å². The lowest BCUT2D eigenvalue weighted by Gasteiger charge is -1.97. The number of hydrogen-bond acceptors (Lipinski definition) is 3. The normalized spacial score (nSPS) is 10.1. The van der Waals surface area contributed by atoms with Gasteiger partial charge in [0.05, 0.1) is 10.5 Å². The summed E-state index contributed by atoms with van der Waals surface area (Å²) < 4.78 is 13.1. The smallest absolute Gasteiger partial charge is 0.258 e. The van der Waals surface area contributed by atoms with Crippen LogP contribution in [-0.4, -0.2) is 11.5 Å². The molecule has 0 heterocycles. The van der Waals surface area contributed by atoms with Crippen LogP contribution in [0.25, 0.3) is 16.5 Å². The molecule has 82 valence electrons. The SMILES string of the molecule is [N-]=[N+]=NCC=Cc1cccc(F)c1[N+](=O)[O-]. The molecule has 0 saturated carbocycles. The molecule has 0 radical (unpaired) electrons. The molecule has 0 spiro atoms. The van der Waals surface area contributed by atoms with E-state index in [0.717, 1.165) is 6.07 Å². The Kier molecular flexibility index (Phi) is 3.99. The number of azide groups is 1. The number of benzene rings is 1. The van der Waals surface area contributed by atoms with Crippen molar-refractivity contribution in [3.05, 3.63) is 56.2 Å². The van der Waals surface area contributed by atoms with Crippen LogP contribution in [0.15, 0.2) is 29.4 Å². The lowest BCUT2D eigenvalue weighted by atomic mass is 10.1. The molecule has 1 rings (SSSR count). The summed E-state index contributed by atoms with van der Waals surface area (Å²) in [5.74, 6) is -0.893. The highest BCUT2D eigenvalue weighted by Gasteiger charge is 2.17. The van der Waals surface area contributed by atoms with Crippen LogP contribution < -0.4 is 0 Å². The Hall–Kier alpha value is -2.40. The van der Waals surface area contributed by atoms with Gasteiger partial charge in [0.25, 0.3) is 0 Å². The van der Waals surface area contributed by atoms with Gasteiger partial charge in [-0.2, -0.15) is 4.39 Å². The number of nitrogens with zero attached hydrogens (tertiary/aromatic N) is 4. The Labute approximate surface area is 89.8 Å². The second kappa shape index (κ2) is 5.47. The topological polar surface area (TPSA) is 91.9 Å². The number of halogens is 1. The first-order valence-electron chi connectivity index (χ1n) is 4.27. The summed E-state index contributed by atoms with van der Waals surface area (Å²) in [6, 6.07) is 3.80. The predicted molar refractivity (Wildman–Crippen MR) is 56.1 cm³/mol. The van der Waals surface area contributed by atoms with Gasteiger partial charge in [-0.3, -0.25) is 10.1 Å². The Morgan fingerprint density at radius 1 is 1.62 bits per heavy atom. The molecule has 0 aromatic heterocycles. The molecule has 6 nitrogen and oxygen atoms in total. The zero-order chi connectivity index (χ0) is 12.0. The lowest BCUT2D eigenvalue weighted by Crippen LogP contribution is -1.95. The highest BCUT2D eigenvalue weighted by molar-refractivity contribution is 5.61. The summed E-state index contributed by atoms with van der Waals surface area (Å²) in [5.41, 5.74) is 7.56. The summed E-state index contributed by atoms with van der Waals surface area (Å²) in [7, 11) is 0. The van der Waals surface area contributed by atoms with Crippen molar-refractivity contribution in [2.45, 2.75) is 0 Å². The van der Waals surface area contributed by atoms with E-state index >= 15 is 0 Å². The third kappa shape index (κ3) is 2.79. The van der Waals surface area contributed by atoms with Crippen molar-refractivity contribution in [2.24, 2.45) is 5.11 Å². The fourth-order valence-electron chi connectivity index (χ4n) is 1.12. The van der Waals surface area contributed by atoms with Crippen LogP contribution in [0.1, 0.15) is 5.56 Å². The maximum atomic E-state index is 13.1. The van der Waals surface area contributed by atoms with E-state index in [1.807, 2.05) is 0 Å². The van der Waals surface area contributed by atoms with Crippen molar-refractivity contribution in [1.82, 2.24) is 0 Å². The van der Waals surface area contributed by atoms with Gasteiger partial charge in [-0.1, -0.05) is 23.3 Å². The van der Waals surface area contributed by atoms with Crippen molar-refractivity contribution in [3.8, 4) is 0 Å². The van der Waals surface area contributed by atoms with Gasteiger partial charge < -0.3 is 0 Å². The Bertz CT molecular complexity index is 480. The minimum Gasteiger partial charge on any atom is -0.258 e. The van der Waals surface area contributed by atoms with Crippen LogP contribution in [-0.2, 0) is 0 Å². The monoisotopic (exact) mass is 222 g/mol. The van der Waals surface area contributed by atoms with Crippen LogP contribution >= 0.6 is 0 Å². The van der Waals surface area contributed by atoms with Gasteiger partial charge in [0.15, 0.2) is 0 Å².